The highest BCUT2D eigenvalue weighted by Gasteiger charge is 2.08. The molecule has 0 saturated carbocycles. The smallest absolute Gasteiger partial charge is 0.286 e. The van der Waals surface area contributed by atoms with Crippen LogP contribution in [0.1, 0.15) is 32.3 Å². The second kappa shape index (κ2) is 6.74. The molecule has 92 valence electrons. The van der Waals surface area contributed by atoms with Gasteiger partial charge in [-0.1, -0.05) is 38.1 Å². The second-order valence-electron chi connectivity index (χ2n) is 3.95. The third kappa shape index (κ3) is 4.31. The van der Waals surface area contributed by atoms with Crippen LogP contribution in [0.25, 0.3) is 0 Å². The Labute approximate surface area is 102 Å². The van der Waals surface area contributed by atoms with E-state index in [0.717, 1.165) is 24.8 Å². The van der Waals surface area contributed by atoms with Gasteiger partial charge in [0.2, 0.25) is 0 Å². The maximum atomic E-state index is 11.2. The van der Waals surface area contributed by atoms with Gasteiger partial charge in [-0.25, -0.2) is 9.68 Å². The summed E-state index contributed by atoms with van der Waals surface area (Å²) in [6.07, 6.45) is 3.10. The van der Waals surface area contributed by atoms with Crippen molar-refractivity contribution in [1.82, 2.24) is 0 Å². The summed E-state index contributed by atoms with van der Waals surface area (Å²) in [5.41, 5.74) is 1.36. The molecule has 0 aliphatic heterocycles. The summed E-state index contributed by atoms with van der Waals surface area (Å²) < 4.78 is 0. The molecule has 0 fully saturated rings. The molecule has 17 heavy (non-hydrogen) atoms. The number of aryl methyl sites for hydroxylation is 1. The lowest BCUT2D eigenvalue weighted by Gasteiger charge is -2.08. The number of rotatable bonds is 6. The van der Waals surface area contributed by atoms with Gasteiger partial charge in [-0.3, -0.25) is 4.89 Å². The number of hydrogen-bond donors (Lipinski definition) is 0. The Kier molecular flexibility index (Phi) is 5.27. The number of hydrogen-bond acceptors (Lipinski definition) is 3. The van der Waals surface area contributed by atoms with Gasteiger partial charge in [0.25, 0.3) is 0 Å². The van der Waals surface area contributed by atoms with Gasteiger partial charge in [-0.2, -0.15) is 0 Å². The van der Waals surface area contributed by atoms with E-state index in [1.165, 1.54) is 0 Å². The number of unbranched alkanes of at least 4 members (excludes halogenated alkanes) is 1. The first-order valence-corrected chi connectivity index (χ1v) is 5.77. The highest BCUT2D eigenvalue weighted by Crippen LogP contribution is 2.20. The minimum Gasteiger partial charge on any atom is -0.286 e. The predicted molar refractivity (Wildman–Crippen MR) is 66.6 cm³/mol. The standard InChI is InChI=1S/C14H18O3/c1-4-5-8-12-9-6-7-10-13(12)16-17-14(15)11(2)3/h6-7,9-10H,2,4-5,8H2,1,3H3. The van der Waals surface area contributed by atoms with E-state index in [0.29, 0.717) is 11.3 Å². The van der Waals surface area contributed by atoms with Crippen LogP contribution < -0.4 is 4.89 Å². The van der Waals surface area contributed by atoms with Crippen LogP contribution in [0.2, 0.25) is 0 Å². The van der Waals surface area contributed by atoms with Crippen LogP contribution in [-0.4, -0.2) is 5.97 Å². The van der Waals surface area contributed by atoms with E-state index in [9.17, 15) is 4.79 Å². The molecule has 0 aliphatic rings. The van der Waals surface area contributed by atoms with Crippen LogP contribution in [0.4, 0.5) is 0 Å². The number of benzene rings is 1. The lowest BCUT2D eigenvalue weighted by atomic mass is 10.1. The molecular formula is C14H18O3. The zero-order chi connectivity index (χ0) is 12.7. The molecule has 0 saturated heterocycles. The van der Waals surface area contributed by atoms with Crippen molar-refractivity contribution in [1.29, 1.82) is 0 Å². The van der Waals surface area contributed by atoms with Gasteiger partial charge in [0.15, 0.2) is 5.75 Å². The van der Waals surface area contributed by atoms with Crippen LogP contribution in [0, 0.1) is 0 Å². The number of para-hydroxylation sites is 1. The van der Waals surface area contributed by atoms with Crippen LogP contribution >= 0.6 is 0 Å². The van der Waals surface area contributed by atoms with Crippen LogP contribution in [0.3, 0.4) is 0 Å². The molecule has 0 aromatic heterocycles. The van der Waals surface area contributed by atoms with Gasteiger partial charge in [0, 0.05) is 5.57 Å². The van der Waals surface area contributed by atoms with Crippen molar-refractivity contribution in [3.8, 4) is 5.75 Å². The third-order valence-electron chi connectivity index (χ3n) is 2.33. The Morgan fingerprint density at radius 1 is 1.35 bits per heavy atom. The van der Waals surface area contributed by atoms with Crippen LogP contribution in [0.5, 0.6) is 5.75 Å². The van der Waals surface area contributed by atoms with Crippen molar-refractivity contribution in [2.24, 2.45) is 0 Å². The molecule has 0 unspecified atom stereocenters. The summed E-state index contributed by atoms with van der Waals surface area (Å²) >= 11 is 0. The second-order valence-corrected chi connectivity index (χ2v) is 3.95. The van der Waals surface area contributed by atoms with Crippen molar-refractivity contribution in [3.05, 3.63) is 42.0 Å². The van der Waals surface area contributed by atoms with Gasteiger partial charge in [0.1, 0.15) is 0 Å². The minimum absolute atomic E-state index is 0.316. The molecule has 0 N–H and O–H groups in total. The Balaban J connectivity index is 2.63. The minimum atomic E-state index is -0.546. The molecule has 3 heteroatoms. The van der Waals surface area contributed by atoms with E-state index >= 15 is 0 Å². The van der Waals surface area contributed by atoms with Gasteiger partial charge in [-0.15, -0.1) is 0 Å². The molecule has 0 radical (unpaired) electrons. The first kappa shape index (κ1) is 13.3. The molecule has 0 atom stereocenters. The summed E-state index contributed by atoms with van der Waals surface area (Å²) in [5.74, 6) is 0.0471. The van der Waals surface area contributed by atoms with Crippen LogP contribution in [-0.2, 0) is 16.1 Å². The predicted octanol–water partition coefficient (Wildman–Crippen LogP) is 3.44. The summed E-state index contributed by atoms with van der Waals surface area (Å²) in [6.45, 7) is 7.19. The monoisotopic (exact) mass is 234 g/mol. The van der Waals surface area contributed by atoms with Crippen molar-refractivity contribution >= 4 is 5.97 Å². The molecule has 0 spiro atoms. The topological polar surface area (TPSA) is 35.5 Å². The zero-order valence-corrected chi connectivity index (χ0v) is 10.4. The van der Waals surface area contributed by atoms with E-state index in [4.69, 9.17) is 4.89 Å². The van der Waals surface area contributed by atoms with E-state index < -0.39 is 5.97 Å². The van der Waals surface area contributed by atoms with Crippen molar-refractivity contribution in [3.63, 3.8) is 0 Å². The summed E-state index contributed by atoms with van der Waals surface area (Å²) in [7, 11) is 0. The fourth-order valence-electron chi connectivity index (χ4n) is 1.31. The Bertz CT molecular complexity index is 396. The molecule has 1 aromatic carbocycles. The van der Waals surface area contributed by atoms with Crippen molar-refractivity contribution < 1.29 is 14.6 Å². The quantitative estimate of drug-likeness (QED) is 0.429. The highest BCUT2D eigenvalue weighted by atomic mass is 17.2. The fourth-order valence-corrected chi connectivity index (χ4v) is 1.31. The molecule has 1 rings (SSSR count). The van der Waals surface area contributed by atoms with E-state index in [-0.39, 0.29) is 0 Å². The normalized spacial score (nSPS) is 9.76. The summed E-state index contributed by atoms with van der Waals surface area (Å²) in [6, 6.07) is 7.55. The largest absolute Gasteiger partial charge is 0.381 e. The Morgan fingerprint density at radius 3 is 2.71 bits per heavy atom. The molecule has 0 aliphatic carbocycles. The maximum absolute atomic E-state index is 11.2. The van der Waals surface area contributed by atoms with Gasteiger partial charge in [-0.05, 0) is 31.4 Å². The summed E-state index contributed by atoms with van der Waals surface area (Å²) in [5, 5.41) is 0. The molecule has 0 amide bonds. The van der Waals surface area contributed by atoms with Crippen LogP contribution in [0.15, 0.2) is 36.4 Å². The van der Waals surface area contributed by atoms with Gasteiger partial charge < -0.3 is 0 Å². The van der Waals surface area contributed by atoms with E-state index in [2.05, 4.69) is 18.4 Å². The Hall–Kier alpha value is -1.77. The maximum Gasteiger partial charge on any atom is 0.381 e. The van der Waals surface area contributed by atoms with E-state index in [1.54, 1.807) is 13.0 Å². The van der Waals surface area contributed by atoms with Gasteiger partial charge >= 0.3 is 5.97 Å². The Morgan fingerprint density at radius 2 is 2.06 bits per heavy atom. The summed E-state index contributed by atoms with van der Waals surface area (Å²) in [4.78, 5) is 20.9. The lowest BCUT2D eigenvalue weighted by molar-refractivity contribution is -0.208. The molecule has 0 bridgehead atoms. The number of carbonyl (C=O) groups excluding carboxylic acids is 1. The third-order valence-corrected chi connectivity index (χ3v) is 2.33. The molecular weight excluding hydrogens is 216 g/mol. The van der Waals surface area contributed by atoms with Gasteiger partial charge in [0.05, 0.1) is 0 Å². The molecule has 1 aromatic rings. The van der Waals surface area contributed by atoms with Crippen molar-refractivity contribution in [2.45, 2.75) is 33.1 Å². The molecule has 0 heterocycles. The van der Waals surface area contributed by atoms with E-state index in [1.807, 2.05) is 18.2 Å². The zero-order valence-electron chi connectivity index (χ0n) is 10.4. The van der Waals surface area contributed by atoms with Crippen molar-refractivity contribution in [2.75, 3.05) is 0 Å². The number of carbonyl (C=O) groups is 1. The SMILES string of the molecule is C=C(C)C(=O)OOc1ccccc1CCCC. The highest BCUT2D eigenvalue weighted by molar-refractivity contribution is 5.86. The first-order valence-electron chi connectivity index (χ1n) is 5.77. The average molecular weight is 234 g/mol. The fraction of sp³-hybridized carbons (Fsp3) is 0.357. The lowest BCUT2D eigenvalue weighted by Crippen LogP contribution is -2.09. The average Bonchev–Trinajstić information content (AvgIpc) is 2.34. The molecule has 3 nitrogen and oxygen atoms in total. The first-order chi connectivity index (χ1) is 8.15.